The Morgan fingerprint density at radius 2 is 2.20 bits per heavy atom. The predicted molar refractivity (Wildman–Crippen MR) is 75.7 cm³/mol. The Morgan fingerprint density at radius 3 is 2.90 bits per heavy atom. The number of hydrogen-bond acceptors (Lipinski definition) is 4. The number of carboxylic acid groups (broad SMARTS) is 1. The molecule has 0 aliphatic carbocycles. The summed E-state index contributed by atoms with van der Waals surface area (Å²) in [5.41, 5.74) is 0.431. The number of halogens is 1. The molecule has 0 saturated heterocycles. The molecule has 2 aromatic rings. The van der Waals surface area contributed by atoms with Crippen molar-refractivity contribution in [3.8, 4) is 5.75 Å². The summed E-state index contributed by atoms with van der Waals surface area (Å²) < 4.78 is 10.6. The zero-order valence-electron chi connectivity index (χ0n) is 10.9. The van der Waals surface area contributed by atoms with E-state index in [4.69, 9.17) is 26.2 Å². The van der Waals surface area contributed by atoms with E-state index in [-0.39, 0.29) is 5.69 Å². The number of nitrogens with zero attached hydrogens (tertiary/aromatic N) is 1. The monoisotopic (exact) mass is 295 g/mol. The van der Waals surface area contributed by atoms with Crippen LogP contribution < -0.4 is 4.74 Å². The lowest BCUT2D eigenvalue weighted by Gasteiger charge is -2.11. The van der Waals surface area contributed by atoms with Crippen molar-refractivity contribution in [2.45, 2.75) is 6.42 Å². The van der Waals surface area contributed by atoms with Crippen LogP contribution in [0.25, 0.3) is 10.9 Å². The molecule has 0 aliphatic rings. The van der Waals surface area contributed by atoms with Crippen LogP contribution in [0.5, 0.6) is 5.75 Å². The minimum absolute atomic E-state index is 0.0680. The molecule has 0 radical (unpaired) electrons. The number of pyridine rings is 1. The summed E-state index contributed by atoms with van der Waals surface area (Å²) in [5.74, 6) is -0.678. The van der Waals surface area contributed by atoms with Crippen molar-refractivity contribution in [2.75, 3.05) is 20.3 Å². The topological polar surface area (TPSA) is 68.7 Å². The largest absolute Gasteiger partial charge is 0.493 e. The van der Waals surface area contributed by atoms with Crippen LogP contribution in [0.2, 0.25) is 5.02 Å². The smallest absolute Gasteiger partial charge is 0.354 e. The lowest BCUT2D eigenvalue weighted by atomic mass is 10.2. The molecule has 6 heteroatoms. The average Bonchev–Trinajstić information content (AvgIpc) is 2.43. The molecule has 5 nitrogen and oxygen atoms in total. The Bertz CT molecular complexity index is 630. The summed E-state index contributed by atoms with van der Waals surface area (Å²) >= 11 is 6.14. The maximum atomic E-state index is 11.1. The normalized spacial score (nSPS) is 10.7. The van der Waals surface area contributed by atoms with Gasteiger partial charge in [0.25, 0.3) is 0 Å². The number of benzene rings is 1. The molecule has 0 spiro atoms. The summed E-state index contributed by atoms with van der Waals surface area (Å²) in [6.45, 7) is 0.986. The first-order chi connectivity index (χ1) is 9.63. The first-order valence-corrected chi connectivity index (χ1v) is 6.45. The summed E-state index contributed by atoms with van der Waals surface area (Å²) in [6.07, 6.45) is 0.702. The fourth-order valence-electron chi connectivity index (χ4n) is 1.82. The van der Waals surface area contributed by atoms with Crippen molar-refractivity contribution in [3.05, 3.63) is 35.0 Å². The SMILES string of the molecule is COCCCOc1cc(C(=O)O)nc2cccc(Cl)c12. The predicted octanol–water partition coefficient (Wildman–Crippen LogP) is 3.00. The second kappa shape index (κ2) is 6.54. The van der Waals surface area contributed by atoms with Crippen LogP contribution in [0, 0.1) is 0 Å². The first kappa shape index (κ1) is 14.6. The van der Waals surface area contributed by atoms with Crippen LogP contribution in [0.1, 0.15) is 16.9 Å². The highest BCUT2D eigenvalue weighted by molar-refractivity contribution is 6.36. The minimum atomic E-state index is -1.10. The van der Waals surface area contributed by atoms with Crippen molar-refractivity contribution < 1.29 is 19.4 Å². The Labute approximate surface area is 121 Å². The van der Waals surface area contributed by atoms with E-state index < -0.39 is 5.97 Å². The number of carbonyl (C=O) groups is 1. The van der Waals surface area contributed by atoms with Crippen LogP contribution >= 0.6 is 11.6 Å². The summed E-state index contributed by atoms with van der Waals surface area (Å²) in [6, 6.07) is 6.53. The van der Waals surface area contributed by atoms with Crippen molar-refractivity contribution >= 4 is 28.5 Å². The second-order valence-corrected chi connectivity index (χ2v) is 4.55. The maximum absolute atomic E-state index is 11.1. The van der Waals surface area contributed by atoms with Crippen LogP contribution in [0.3, 0.4) is 0 Å². The third kappa shape index (κ3) is 3.18. The molecule has 1 aromatic heterocycles. The van der Waals surface area contributed by atoms with Gasteiger partial charge in [-0.25, -0.2) is 9.78 Å². The zero-order valence-corrected chi connectivity index (χ0v) is 11.7. The Hall–Kier alpha value is -1.85. The molecule has 0 amide bonds. The number of fused-ring (bicyclic) bond motifs is 1. The molecule has 0 unspecified atom stereocenters. The fourth-order valence-corrected chi connectivity index (χ4v) is 2.08. The van der Waals surface area contributed by atoms with Gasteiger partial charge in [0.05, 0.1) is 22.5 Å². The summed E-state index contributed by atoms with van der Waals surface area (Å²) in [4.78, 5) is 15.1. The highest BCUT2D eigenvalue weighted by Gasteiger charge is 2.14. The van der Waals surface area contributed by atoms with Crippen LogP contribution in [0.15, 0.2) is 24.3 Å². The number of aromatic carboxylic acids is 1. The highest BCUT2D eigenvalue weighted by atomic mass is 35.5. The molecule has 1 N–H and O–H groups in total. The van der Waals surface area contributed by atoms with Crippen molar-refractivity contribution in [3.63, 3.8) is 0 Å². The first-order valence-electron chi connectivity index (χ1n) is 6.08. The van der Waals surface area contributed by atoms with Crippen molar-refractivity contribution in [1.29, 1.82) is 0 Å². The van der Waals surface area contributed by atoms with E-state index >= 15 is 0 Å². The molecule has 0 fully saturated rings. The molecule has 0 atom stereocenters. The molecule has 0 bridgehead atoms. The number of hydrogen-bond donors (Lipinski definition) is 1. The third-order valence-corrected chi connectivity index (χ3v) is 3.03. The Balaban J connectivity index is 2.40. The van der Waals surface area contributed by atoms with Crippen molar-refractivity contribution in [2.24, 2.45) is 0 Å². The van der Waals surface area contributed by atoms with Crippen LogP contribution in [-0.4, -0.2) is 36.4 Å². The van der Waals surface area contributed by atoms with E-state index in [1.165, 1.54) is 6.07 Å². The van der Waals surface area contributed by atoms with E-state index in [1.807, 2.05) is 0 Å². The lowest BCUT2D eigenvalue weighted by Crippen LogP contribution is -2.05. The second-order valence-electron chi connectivity index (χ2n) is 4.14. The number of rotatable bonds is 6. The van der Waals surface area contributed by atoms with Gasteiger partial charge in [-0.15, -0.1) is 0 Å². The quantitative estimate of drug-likeness (QED) is 0.830. The van der Waals surface area contributed by atoms with Gasteiger partial charge in [-0.05, 0) is 12.1 Å². The molecule has 2 rings (SSSR count). The molecule has 1 aromatic carbocycles. The Kier molecular flexibility index (Phi) is 4.76. The van der Waals surface area contributed by atoms with E-state index in [9.17, 15) is 4.79 Å². The van der Waals surface area contributed by atoms with Gasteiger partial charge in [0, 0.05) is 26.2 Å². The third-order valence-electron chi connectivity index (χ3n) is 2.72. The number of methoxy groups -OCH3 is 1. The molecular formula is C14H14ClNO4. The van der Waals surface area contributed by atoms with Crippen molar-refractivity contribution in [1.82, 2.24) is 4.98 Å². The van der Waals surface area contributed by atoms with E-state index in [0.717, 1.165) is 0 Å². The van der Waals surface area contributed by atoms with E-state index in [0.29, 0.717) is 41.3 Å². The molecule has 1 heterocycles. The summed E-state index contributed by atoms with van der Waals surface area (Å²) in [7, 11) is 1.61. The van der Waals surface area contributed by atoms with Crippen LogP contribution in [0.4, 0.5) is 0 Å². The number of aromatic nitrogens is 1. The summed E-state index contributed by atoms with van der Waals surface area (Å²) in [5, 5.41) is 10.2. The van der Waals surface area contributed by atoms with Gasteiger partial charge in [-0.3, -0.25) is 0 Å². The van der Waals surface area contributed by atoms with Gasteiger partial charge in [0.15, 0.2) is 5.69 Å². The van der Waals surface area contributed by atoms with Gasteiger partial charge in [-0.2, -0.15) is 0 Å². The lowest BCUT2D eigenvalue weighted by molar-refractivity contribution is 0.0690. The fraction of sp³-hybridized carbons (Fsp3) is 0.286. The van der Waals surface area contributed by atoms with Gasteiger partial charge in [0.1, 0.15) is 5.75 Å². The van der Waals surface area contributed by atoms with E-state index in [1.54, 1.807) is 25.3 Å². The number of carboxylic acids is 1. The zero-order chi connectivity index (χ0) is 14.5. The standard InChI is InChI=1S/C14H14ClNO4/c1-19-6-3-7-20-12-8-11(14(17)18)16-10-5-2-4-9(15)13(10)12/h2,4-5,8H,3,6-7H2,1H3,(H,17,18). The van der Waals surface area contributed by atoms with Crippen LogP contribution in [-0.2, 0) is 4.74 Å². The minimum Gasteiger partial charge on any atom is -0.493 e. The molecule has 0 saturated carbocycles. The molecule has 106 valence electrons. The van der Waals surface area contributed by atoms with Gasteiger partial charge in [-0.1, -0.05) is 17.7 Å². The van der Waals surface area contributed by atoms with E-state index in [2.05, 4.69) is 4.98 Å². The van der Waals surface area contributed by atoms with Gasteiger partial charge < -0.3 is 14.6 Å². The molecular weight excluding hydrogens is 282 g/mol. The molecule has 0 aliphatic heterocycles. The van der Waals surface area contributed by atoms with Gasteiger partial charge >= 0.3 is 5.97 Å². The number of ether oxygens (including phenoxy) is 2. The Morgan fingerprint density at radius 1 is 1.40 bits per heavy atom. The highest BCUT2D eigenvalue weighted by Crippen LogP contribution is 2.32. The van der Waals surface area contributed by atoms with Gasteiger partial charge in [0.2, 0.25) is 0 Å². The molecule has 20 heavy (non-hydrogen) atoms. The maximum Gasteiger partial charge on any atom is 0.354 e. The average molecular weight is 296 g/mol.